The highest BCUT2D eigenvalue weighted by atomic mass is 79.9. The molecule has 0 spiro atoms. The molecule has 0 heterocycles. The third kappa shape index (κ3) is 4.67. The zero-order chi connectivity index (χ0) is 14.5. The van der Waals surface area contributed by atoms with Crippen LogP contribution in [0.25, 0.3) is 0 Å². The second-order valence-electron chi connectivity index (χ2n) is 5.10. The van der Waals surface area contributed by atoms with Crippen LogP contribution in [0, 0.1) is 0 Å². The minimum atomic E-state index is -0.182. The van der Waals surface area contributed by atoms with E-state index < -0.39 is 0 Å². The third-order valence-electron chi connectivity index (χ3n) is 2.88. The predicted molar refractivity (Wildman–Crippen MR) is 78.7 cm³/mol. The van der Waals surface area contributed by atoms with Crippen molar-refractivity contribution in [2.75, 3.05) is 20.3 Å². The van der Waals surface area contributed by atoms with Crippen molar-refractivity contribution in [1.82, 2.24) is 0 Å². The van der Waals surface area contributed by atoms with Crippen molar-refractivity contribution >= 4 is 15.9 Å². The molecule has 0 fully saturated rings. The molecule has 0 aromatic heterocycles. The highest BCUT2D eigenvalue weighted by Gasteiger charge is 2.20. The van der Waals surface area contributed by atoms with Crippen LogP contribution >= 0.6 is 15.9 Å². The van der Waals surface area contributed by atoms with Gasteiger partial charge in [0.05, 0.1) is 24.8 Å². The van der Waals surface area contributed by atoms with Gasteiger partial charge in [-0.15, -0.1) is 0 Å². The molecule has 0 aliphatic rings. The van der Waals surface area contributed by atoms with Gasteiger partial charge < -0.3 is 19.9 Å². The quantitative estimate of drug-likeness (QED) is 0.798. The van der Waals surface area contributed by atoms with E-state index in [-0.39, 0.29) is 12.1 Å². The van der Waals surface area contributed by atoms with Gasteiger partial charge in [-0.05, 0) is 48.8 Å². The molecule has 0 aliphatic heterocycles. The van der Waals surface area contributed by atoms with Crippen molar-refractivity contribution in [2.45, 2.75) is 32.9 Å². The largest absolute Gasteiger partial charge is 0.493 e. The Morgan fingerprint density at radius 1 is 1.37 bits per heavy atom. The van der Waals surface area contributed by atoms with Gasteiger partial charge in [-0.1, -0.05) is 0 Å². The summed E-state index contributed by atoms with van der Waals surface area (Å²) in [6, 6.07) is 4.00. The number of hydrogen-bond donors (Lipinski definition) is 2. The van der Waals surface area contributed by atoms with Gasteiger partial charge in [0.15, 0.2) is 11.5 Å². The average Bonchev–Trinajstić information content (AvgIpc) is 2.39. The minimum Gasteiger partial charge on any atom is -0.493 e. The fourth-order valence-electron chi connectivity index (χ4n) is 1.63. The molecule has 108 valence electrons. The molecule has 3 N–H and O–H groups in total. The zero-order valence-corrected chi connectivity index (χ0v) is 13.6. The smallest absolute Gasteiger partial charge is 0.175 e. The van der Waals surface area contributed by atoms with Crippen LogP contribution in [-0.4, -0.2) is 31.0 Å². The lowest BCUT2D eigenvalue weighted by Gasteiger charge is -2.20. The maximum Gasteiger partial charge on any atom is 0.175 e. The maximum absolute atomic E-state index is 9.26. The lowest BCUT2D eigenvalue weighted by Crippen LogP contribution is -2.95. The second kappa shape index (κ2) is 7.12. The topological polar surface area (TPSA) is 55.3 Å². The van der Waals surface area contributed by atoms with Crippen LogP contribution < -0.4 is 14.8 Å². The van der Waals surface area contributed by atoms with Gasteiger partial charge >= 0.3 is 0 Å². The van der Waals surface area contributed by atoms with Crippen LogP contribution in [0.4, 0.5) is 0 Å². The third-order valence-corrected chi connectivity index (χ3v) is 3.46. The maximum atomic E-state index is 9.26. The average molecular weight is 333 g/mol. The van der Waals surface area contributed by atoms with Crippen LogP contribution in [0.2, 0.25) is 0 Å². The molecule has 0 saturated carbocycles. The van der Waals surface area contributed by atoms with E-state index in [2.05, 4.69) is 21.2 Å². The summed E-state index contributed by atoms with van der Waals surface area (Å²) in [6.07, 6.45) is 0. The lowest BCUT2D eigenvalue weighted by atomic mass is 10.1. The Hall–Kier alpha value is -0.780. The van der Waals surface area contributed by atoms with Crippen LogP contribution in [0.15, 0.2) is 16.6 Å². The molecule has 0 radical (unpaired) electrons. The van der Waals surface area contributed by atoms with Gasteiger partial charge in [-0.2, -0.15) is 0 Å². The number of quaternary nitrogens is 1. The summed E-state index contributed by atoms with van der Waals surface area (Å²) < 4.78 is 11.8. The molecule has 1 aromatic carbocycles. The summed E-state index contributed by atoms with van der Waals surface area (Å²) in [6.45, 7) is 7.47. The van der Waals surface area contributed by atoms with Crippen molar-refractivity contribution < 1.29 is 19.9 Å². The summed E-state index contributed by atoms with van der Waals surface area (Å²) in [5, 5.41) is 11.4. The number of methoxy groups -OCH3 is 1. The number of rotatable bonds is 7. The Bertz CT molecular complexity index is 421. The normalized spacial score (nSPS) is 11.5. The molecule has 5 heteroatoms. The summed E-state index contributed by atoms with van der Waals surface area (Å²) in [7, 11) is 1.63. The summed E-state index contributed by atoms with van der Waals surface area (Å²) in [5.74, 6) is 1.46. The van der Waals surface area contributed by atoms with Crippen molar-refractivity contribution in [3.8, 4) is 11.5 Å². The molecule has 0 amide bonds. The van der Waals surface area contributed by atoms with Crippen LogP contribution in [0.1, 0.15) is 26.3 Å². The summed E-state index contributed by atoms with van der Waals surface area (Å²) in [5.41, 5.74) is 0.937. The number of nitrogens with two attached hydrogens (primary N) is 1. The zero-order valence-electron chi connectivity index (χ0n) is 12.0. The monoisotopic (exact) mass is 332 g/mol. The molecular formula is C14H23BrNO3+. The Morgan fingerprint density at radius 2 is 2.05 bits per heavy atom. The van der Waals surface area contributed by atoms with Gasteiger partial charge in [-0.25, -0.2) is 0 Å². The number of hydrogen-bond acceptors (Lipinski definition) is 3. The van der Waals surface area contributed by atoms with Gasteiger partial charge in [-0.3, -0.25) is 0 Å². The van der Waals surface area contributed by atoms with E-state index in [0.29, 0.717) is 6.61 Å². The number of aliphatic hydroxyl groups is 1. The van der Waals surface area contributed by atoms with E-state index in [0.717, 1.165) is 28.1 Å². The van der Waals surface area contributed by atoms with E-state index in [9.17, 15) is 5.11 Å². The van der Waals surface area contributed by atoms with Gasteiger partial charge in [0.1, 0.15) is 12.1 Å². The molecule has 0 saturated heterocycles. The second-order valence-corrected chi connectivity index (χ2v) is 5.95. The minimum absolute atomic E-state index is 0.141. The first kappa shape index (κ1) is 16.3. The first-order chi connectivity index (χ1) is 8.93. The van der Waals surface area contributed by atoms with E-state index >= 15 is 0 Å². The molecule has 19 heavy (non-hydrogen) atoms. The molecule has 1 rings (SSSR count). The molecule has 0 atom stereocenters. The highest BCUT2D eigenvalue weighted by molar-refractivity contribution is 9.10. The van der Waals surface area contributed by atoms with Crippen molar-refractivity contribution in [3.63, 3.8) is 0 Å². The fourth-order valence-corrected chi connectivity index (χ4v) is 2.24. The van der Waals surface area contributed by atoms with Crippen molar-refractivity contribution in [3.05, 3.63) is 22.2 Å². The first-order valence-electron chi connectivity index (χ1n) is 6.38. The summed E-state index contributed by atoms with van der Waals surface area (Å²) in [4.78, 5) is 0. The molecule has 0 bridgehead atoms. The van der Waals surface area contributed by atoms with E-state index in [1.54, 1.807) is 7.11 Å². The standard InChI is InChI=1S/C14H22BrNO3/c1-5-19-13-11(15)6-10(7-12(13)18-4)8-16-14(2,3)9-17/h6-7,16-17H,5,8-9H2,1-4H3/p+1. The van der Waals surface area contributed by atoms with Gasteiger partial charge in [0.2, 0.25) is 0 Å². The number of aliphatic hydroxyl groups excluding tert-OH is 1. The Morgan fingerprint density at radius 3 is 2.58 bits per heavy atom. The first-order valence-corrected chi connectivity index (χ1v) is 7.17. The molecule has 1 aromatic rings. The number of halogens is 1. The highest BCUT2D eigenvalue weighted by Crippen LogP contribution is 2.36. The Balaban J connectivity index is 2.89. The molecule has 0 unspecified atom stereocenters. The van der Waals surface area contributed by atoms with Crippen molar-refractivity contribution in [2.24, 2.45) is 0 Å². The van der Waals surface area contributed by atoms with Gasteiger partial charge in [0.25, 0.3) is 0 Å². The fraction of sp³-hybridized carbons (Fsp3) is 0.571. The van der Waals surface area contributed by atoms with Crippen molar-refractivity contribution in [1.29, 1.82) is 0 Å². The van der Waals surface area contributed by atoms with E-state index in [4.69, 9.17) is 9.47 Å². The Labute approximate surface area is 123 Å². The number of benzene rings is 1. The lowest BCUT2D eigenvalue weighted by molar-refractivity contribution is -0.736. The van der Waals surface area contributed by atoms with Crippen LogP contribution in [-0.2, 0) is 6.54 Å². The predicted octanol–water partition coefficient (Wildman–Crippen LogP) is 1.69. The van der Waals surface area contributed by atoms with Gasteiger partial charge in [0, 0.05) is 5.56 Å². The Kier molecular flexibility index (Phi) is 6.10. The molecule has 0 aliphatic carbocycles. The SMILES string of the molecule is CCOc1c(Br)cc(C[NH2+]C(C)(C)CO)cc1OC. The van der Waals surface area contributed by atoms with E-state index in [1.165, 1.54) is 0 Å². The summed E-state index contributed by atoms with van der Waals surface area (Å²) >= 11 is 3.51. The van der Waals surface area contributed by atoms with Crippen LogP contribution in [0.5, 0.6) is 11.5 Å². The number of ether oxygens (including phenoxy) is 2. The van der Waals surface area contributed by atoms with Crippen LogP contribution in [0.3, 0.4) is 0 Å². The van der Waals surface area contributed by atoms with E-state index in [1.807, 2.05) is 32.9 Å². The molecule has 4 nitrogen and oxygen atoms in total. The molecular weight excluding hydrogens is 310 g/mol.